The first-order valence-electron chi connectivity index (χ1n) is 9.76. The third-order valence-corrected chi connectivity index (χ3v) is 4.12. The maximum Gasteiger partial charge on any atom is 0.490 e. The number of rotatable bonds is 7. The fourth-order valence-corrected chi connectivity index (χ4v) is 2.23. The Kier molecular flexibility index (Phi) is 13.2. The van der Waals surface area contributed by atoms with Gasteiger partial charge in [0.1, 0.15) is 29.0 Å². The van der Waals surface area contributed by atoms with Crippen molar-refractivity contribution in [3.63, 3.8) is 0 Å². The van der Waals surface area contributed by atoms with E-state index in [1.165, 1.54) is 0 Å². The van der Waals surface area contributed by atoms with Gasteiger partial charge in [-0.3, -0.25) is 10.8 Å². The lowest BCUT2D eigenvalue weighted by atomic mass is 10.1. The number of carbonyl (C=O) groups is 2. The summed E-state index contributed by atoms with van der Waals surface area (Å²) in [6.45, 7) is 0.963. The Morgan fingerprint density at radius 3 is 1.66 bits per heavy atom. The second kappa shape index (κ2) is 15.0. The number of amidine groups is 2. The molecule has 0 saturated heterocycles. The summed E-state index contributed by atoms with van der Waals surface area (Å²) in [4.78, 5) is 18.4. The number of nitrogens with one attached hydrogen (secondary N) is 3. The number of aliphatic carboxylic acids is 2. The number of ether oxygens (including phenoxy) is 1. The average Bonchev–Trinajstić information content (AvgIpc) is 2.81. The first kappa shape index (κ1) is 33.6. The Bertz CT molecular complexity index is 1120. The maximum absolute atomic E-state index is 10.6. The van der Waals surface area contributed by atoms with Crippen LogP contribution in [0, 0.1) is 10.8 Å². The normalized spacial score (nSPS) is 10.5. The molecular formula is C21H21F6N5O5S. The molecule has 0 aliphatic rings. The van der Waals surface area contributed by atoms with Gasteiger partial charge in [0, 0.05) is 23.2 Å². The second-order valence-electron chi connectivity index (χ2n) is 6.64. The van der Waals surface area contributed by atoms with E-state index < -0.39 is 24.3 Å². The summed E-state index contributed by atoms with van der Waals surface area (Å²) in [5.74, 6) is -4.82. The van der Waals surface area contributed by atoms with E-state index in [0.717, 1.165) is 5.56 Å². The summed E-state index contributed by atoms with van der Waals surface area (Å²) < 4.78 is 69.1. The maximum atomic E-state index is 10.6. The molecule has 0 radical (unpaired) electrons. The summed E-state index contributed by atoms with van der Waals surface area (Å²) in [6, 6.07) is 14.2. The number of halogens is 6. The largest absolute Gasteiger partial charge is 0.492 e. The molecule has 0 heterocycles. The van der Waals surface area contributed by atoms with Gasteiger partial charge in [0.05, 0.1) is 0 Å². The predicted octanol–water partition coefficient (Wildman–Crippen LogP) is 2.87. The minimum absolute atomic E-state index is 0.00811. The number of benzene rings is 2. The van der Waals surface area contributed by atoms with Crippen molar-refractivity contribution in [2.75, 3.05) is 13.2 Å². The molecule has 2 aromatic carbocycles. The Morgan fingerprint density at radius 1 is 0.842 bits per heavy atom. The van der Waals surface area contributed by atoms with Crippen LogP contribution in [0.3, 0.4) is 0 Å². The SMILES string of the molecule is N=C(N)c1ccc(C(=S)NCCOc2cccc(C(=N)N)c2)cc1.O=C(O)C(F)(F)F.O=C(O)C(F)(F)F. The Balaban J connectivity index is 0.000000804. The lowest BCUT2D eigenvalue weighted by molar-refractivity contribution is -0.193. The number of nitrogens with two attached hydrogens (primary N) is 2. The first-order chi connectivity index (χ1) is 17.4. The summed E-state index contributed by atoms with van der Waals surface area (Å²) in [5, 5.41) is 32.1. The van der Waals surface area contributed by atoms with Crippen LogP contribution in [0.4, 0.5) is 26.3 Å². The van der Waals surface area contributed by atoms with Gasteiger partial charge in [-0.1, -0.05) is 48.6 Å². The molecule has 2 aromatic rings. The molecule has 0 spiro atoms. The van der Waals surface area contributed by atoms with Crippen molar-refractivity contribution in [3.05, 3.63) is 65.2 Å². The van der Waals surface area contributed by atoms with E-state index in [4.69, 9.17) is 59.0 Å². The van der Waals surface area contributed by atoms with Crippen molar-refractivity contribution in [2.24, 2.45) is 11.5 Å². The van der Waals surface area contributed by atoms with Gasteiger partial charge in [0.15, 0.2) is 0 Å². The van der Waals surface area contributed by atoms with E-state index >= 15 is 0 Å². The average molecular weight is 569 g/mol. The van der Waals surface area contributed by atoms with E-state index in [2.05, 4.69) is 5.32 Å². The third kappa shape index (κ3) is 13.6. The number of nitrogen functional groups attached to an aromatic ring is 2. The number of hydrogen-bond donors (Lipinski definition) is 7. The van der Waals surface area contributed by atoms with Crippen molar-refractivity contribution >= 4 is 40.8 Å². The summed E-state index contributed by atoms with van der Waals surface area (Å²) >= 11 is 5.32. The van der Waals surface area contributed by atoms with Crippen molar-refractivity contribution in [1.29, 1.82) is 10.8 Å². The zero-order valence-electron chi connectivity index (χ0n) is 19.0. The summed E-state index contributed by atoms with van der Waals surface area (Å²) in [6.07, 6.45) is -10.2. The van der Waals surface area contributed by atoms with Crippen LogP contribution in [-0.4, -0.2) is 64.3 Å². The van der Waals surface area contributed by atoms with E-state index in [9.17, 15) is 26.3 Å². The lowest BCUT2D eigenvalue weighted by Crippen LogP contribution is -2.27. The number of alkyl halides is 6. The van der Waals surface area contributed by atoms with Gasteiger partial charge in [-0.05, 0) is 12.1 Å². The van der Waals surface area contributed by atoms with Crippen LogP contribution in [0.1, 0.15) is 16.7 Å². The van der Waals surface area contributed by atoms with Crippen molar-refractivity contribution in [2.45, 2.75) is 12.4 Å². The van der Waals surface area contributed by atoms with Crippen LogP contribution in [0.15, 0.2) is 48.5 Å². The molecule has 17 heteroatoms. The highest BCUT2D eigenvalue weighted by Gasteiger charge is 2.38. The fraction of sp³-hybridized carbons (Fsp3) is 0.190. The minimum atomic E-state index is -5.08. The van der Waals surface area contributed by atoms with E-state index in [1.54, 1.807) is 30.3 Å². The van der Waals surface area contributed by atoms with Crippen LogP contribution >= 0.6 is 12.2 Å². The van der Waals surface area contributed by atoms with Gasteiger partial charge >= 0.3 is 24.3 Å². The number of hydrogen-bond acceptors (Lipinski definition) is 6. The van der Waals surface area contributed by atoms with Crippen molar-refractivity contribution < 1.29 is 50.9 Å². The zero-order chi connectivity index (χ0) is 29.7. The number of carboxylic acids is 2. The molecule has 9 N–H and O–H groups in total. The van der Waals surface area contributed by atoms with Crippen LogP contribution in [-0.2, 0) is 9.59 Å². The predicted molar refractivity (Wildman–Crippen MR) is 127 cm³/mol. The van der Waals surface area contributed by atoms with Gasteiger partial charge in [0.25, 0.3) is 0 Å². The molecular weight excluding hydrogens is 548 g/mol. The smallest absolute Gasteiger partial charge is 0.490 e. The van der Waals surface area contributed by atoms with Crippen LogP contribution in [0.2, 0.25) is 0 Å². The molecule has 208 valence electrons. The molecule has 0 aliphatic carbocycles. The Hall–Kier alpha value is -4.41. The van der Waals surface area contributed by atoms with Crippen LogP contribution in [0.5, 0.6) is 5.75 Å². The Labute approximate surface area is 216 Å². The quantitative estimate of drug-likeness (QED) is 0.0862. The zero-order valence-corrected chi connectivity index (χ0v) is 19.8. The summed E-state index contributed by atoms with van der Waals surface area (Å²) in [7, 11) is 0. The monoisotopic (exact) mass is 569 g/mol. The Morgan fingerprint density at radius 2 is 1.26 bits per heavy atom. The van der Waals surface area contributed by atoms with Gasteiger partial charge in [0.2, 0.25) is 0 Å². The topological polar surface area (TPSA) is 196 Å². The van der Waals surface area contributed by atoms with Crippen LogP contribution in [0.25, 0.3) is 0 Å². The second-order valence-corrected chi connectivity index (χ2v) is 7.05. The molecule has 0 fully saturated rings. The highest BCUT2D eigenvalue weighted by Crippen LogP contribution is 2.14. The molecule has 0 aliphatic heterocycles. The minimum Gasteiger partial charge on any atom is -0.492 e. The van der Waals surface area contributed by atoms with Gasteiger partial charge < -0.3 is 31.7 Å². The molecule has 0 atom stereocenters. The molecule has 2 rings (SSSR count). The molecule has 0 unspecified atom stereocenters. The highest BCUT2D eigenvalue weighted by atomic mass is 32.1. The highest BCUT2D eigenvalue weighted by molar-refractivity contribution is 7.80. The van der Waals surface area contributed by atoms with Gasteiger partial charge in [-0.15, -0.1) is 0 Å². The van der Waals surface area contributed by atoms with E-state index in [0.29, 0.717) is 35.0 Å². The summed E-state index contributed by atoms with van der Waals surface area (Å²) in [5.41, 5.74) is 13.0. The number of carboxylic acid groups (broad SMARTS) is 2. The van der Waals surface area contributed by atoms with E-state index in [-0.39, 0.29) is 11.7 Å². The van der Waals surface area contributed by atoms with Gasteiger partial charge in [-0.2, -0.15) is 26.3 Å². The standard InChI is InChI=1S/C17H19N5OS.2C2HF3O2/c18-15(19)11-4-6-12(7-5-11)17(24)22-8-9-23-14-3-1-2-13(10-14)16(20)21;2*3-2(4,5)1(6)7/h1-7,10H,8-9H2,(H3,18,19)(H3,20,21)(H,22,24);2*(H,6,7). The molecule has 38 heavy (non-hydrogen) atoms. The lowest BCUT2D eigenvalue weighted by Gasteiger charge is -2.11. The molecule has 10 nitrogen and oxygen atoms in total. The first-order valence-corrected chi connectivity index (χ1v) is 10.2. The van der Waals surface area contributed by atoms with Crippen molar-refractivity contribution in [1.82, 2.24) is 5.32 Å². The van der Waals surface area contributed by atoms with E-state index in [1.807, 2.05) is 18.2 Å². The molecule has 0 amide bonds. The van der Waals surface area contributed by atoms with Crippen LogP contribution < -0.4 is 21.5 Å². The molecule has 0 aromatic heterocycles. The number of thiocarbonyl (C=S) groups is 1. The molecule has 0 bridgehead atoms. The van der Waals surface area contributed by atoms with Gasteiger partial charge in [-0.25, -0.2) is 9.59 Å². The third-order valence-electron chi connectivity index (χ3n) is 3.74. The molecule has 0 saturated carbocycles. The van der Waals surface area contributed by atoms with Crippen molar-refractivity contribution in [3.8, 4) is 5.75 Å². The fourth-order valence-electron chi connectivity index (χ4n) is 1.99.